The molecule has 1 aromatic heterocycles. The molecule has 4 aliphatic rings. The summed E-state index contributed by atoms with van der Waals surface area (Å²) in [5.41, 5.74) is 5.16. The Morgan fingerprint density at radius 2 is 1.98 bits per heavy atom. The summed E-state index contributed by atoms with van der Waals surface area (Å²) in [5.74, 6) is -2.02. The summed E-state index contributed by atoms with van der Waals surface area (Å²) in [6.45, 7) is 4.11. The summed E-state index contributed by atoms with van der Waals surface area (Å²) in [6, 6.07) is 2.21. The number of hydrogen-bond donors (Lipinski definition) is 3. The van der Waals surface area contributed by atoms with Gasteiger partial charge < -0.3 is 25.4 Å². The Kier molecular flexibility index (Phi) is 9.42. The summed E-state index contributed by atoms with van der Waals surface area (Å²) in [5, 5.41) is 3.19. The molecule has 1 saturated heterocycles. The molecule has 2 aromatic rings. The zero-order valence-corrected chi connectivity index (χ0v) is 28.3. The quantitative estimate of drug-likeness (QED) is 0.371. The third kappa shape index (κ3) is 6.73. The van der Waals surface area contributed by atoms with E-state index in [-0.39, 0.29) is 37.1 Å². The maximum absolute atomic E-state index is 14.3. The Morgan fingerprint density at radius 3 is 2.69 bits per heavy atom. The van der Waals surface area contributed by atoms with Crippen LogP contribution in [0.4, 0.5) is 4.39 Å². The highest BCUT2D eigenvalue weighted by atomic mass is 32.2. The smallest absolute Gasteiger partial charge is 0.259 e. The lowest BCUT2D eigenvalue weighted by Crippen LogP contribution is -2.58. The molecule has 12 nitrogen and oxygen atoms in total. The van der Waals surface area contributed by atoms with Gasteiger partial charge in [-0.3, -0.25) is 19.1 Å². The van der Waals surface area contributed by atoms with Crippen molar-refractivity contribution in [1.82, 2.24) is 19.9 Å². The Balaban J connectivity index is 1.32. The predicted molar refractivity (Wildman–Crippen MR) is 176 cm³/mol. The van der Waals surface area contributed by atoms with Crippen molar-refractivity contribution >= 4 is 38.5 Å². The highest BCUT2D eigenvalue weighted by Gasteiger charge is 2.62. The number of carbonyl (C=O) groups is 3. The van der Waals surface area contributed by atoms with Crippen LogP contribution in [0.2, 0.25) is 0 Å². The lowest BCUT2D eigenvalue weighted by atomic mass is 9.85. The second kappa shape index (κ2) is 13.3. The van der Waals surface area contributed by atoms with Gasteiger partial charge in [0.05, 0.1) is 36.5 Å². The van der Waals surface area contributed by atoms with E-state index in [4.69, 9.17) is 15.2 Å². The number of rotatable bonds is 7. The van der Waals surface area contributed by atoms with Crippen molar-refractivity contribution < 1.29 is 36.7 Å². The van der Waals surface area contributed by atoms with Crippen LogP contribution < -0.4 is 25.2 Å². The number of aromatic nitrogens is 1. The summed E-state index contributed by atoms with van der Waals surface area (Å²) >= 11 is 0. The molecule has 0 unspecified atom stereocenters. The maximum Gasteiger partial charge on any atom is 0.259 e. The lowest BCUT2D eigenvalue weighted by molar-refractivity contribution is -0.141. The zero-order chi connectivity index (χ0) is 34.4. The summed E-state index contributed by atoms with van der Waals surface area (Å²) in [4.78, 5) is 47.6. The van der Waals surface area contributed by atoms with Crippen molar-refractivity contribution in [1.29, 1.82) is 0 Å². The topological polar surface area (TPSA) is 170 Å². The van der Waals surface area contributed by atoms with Crippen LogP contribution in [0.3, 0.4) is 0 Å². The predicted octanol–water partition coefficient (Wildman–Crippen LogP) is 2.94. The van der Waals surface area contributed by atoms with Gasteiger partial charge in [0.1, 0.15) is 29.3 Å². The molecule has 14 heteroatoms. The normalized spacial score (nSPS) is 31.9. The van der Waals surface area contributed by atoms with Gasteiger partial charge in [0.15, 0.2) is 0 Å². The third-order valence-electron chi connectivity index (χ3n) is 10.3. The van der Waals surface area contributed by atoms with Gasteiger partial charge in [0, 0.05) is 17.7 Å². The van der Waals surface area contributed by atoms with Gasteiger partial charge >= 0.3 is 0 Å². The molecule has 2 aliphatic carbocycles. The number of methoxy groups -OCH3 is 1. The van der Waals surface area contributed by atoms with Crippen molar-refractivity contribution in [2.24, 2.45) is 23.5 Å². The second-order valence-corrected chi connectivity index (χ2v) is 15.8. The minimum absolute atomic E-state index is 0.000285. The fourth-order valence-corrected chi connectivity index (χ4v) is 8.52. The molecule has 3 fully saturated rings. The van der Waals surface area contributed by atoms with Gasteiger partial charge in [-0.2, -0.15) is 0 Å². The van der Waals surface area contributed by atoms with E-state index in [0.717, 1.165) is 19.3 Å². The minimum atomic E-state index is -3.87. The molecule has 48 heavy (non-hydrogen) atoms. The van der Waals surface area contributed by atoms with Gasteiger partial charge in [0.2, 0.25) is 27.7 Å². The van der Waals surface area contributed by atoms with Crippen molar-refractivity contribution in [3.05, 3.63) is 42.4 Å². The van der Waals surface area contributed by atoms with Gasteiger partial charge in [-0.05, 0) is 68.6 Å². The van der Waals surface area contributed by atoms with Crippen LogP contribution in [0.25, 0.3) is 10.8 Å². The molecule has 3 heterocycles. The summed E-state index contributed by atoms with van der Waals surface area (Å²) in [7, 11) is -2.39. The molecule has 2 saturated carbocycles. The van der Waals surface area contributed by atoms with Crippen LogP contribution in [-0.4, -0.2) is 78.7 Å². The van der Waals surface area contributed by atoms with E-state index in [1.165, 1.54) is 30.3 Å². The van der Waals surface area contributed by atoms with Crippen LogP contribution in [0.5, 0.6) is 11.6 Å². The number of nitrogens with two attached hydrogens (primary N) is 1. The number of benzene rings is 1. The fourth-order valence-electron chi connectivity index (χ4n) is 7.16. The van der Waals surface area contributed by atoms with E-state index in [9.17, 15) is 27.2 Å². The van der Waals surface area contributed by atoms with Crippen LogP contribution in [0.15, 0.2) is 36.5 Å². The number of nitrogens with zero attached hydrogens (tertiary/aromatic N) is 2. The lowest BCUT2D eigenvalue weighted by Gasteiger charge is -2.31. The average molecular weight is 686 g/mol. The highest BCUT2D eigenvalue weighted by Crippen LogP contribution is 2.46. The Hall–Kier alpha value is -3.78. The zero-order valence-electron chi connectivity index (χ0n) is 27.5. The Labute approximate surface area is 280 Å². The molecule has 260 valence electrons. The fraction of sp³-hybridized carbons (Fsp3) is 0.588. The first-order chi connectivity index (χ1) is 22.9. The van der Waals surface area contributed by atoms with E-state index in [1.807, 2.05) is 19.1 Å². The van der Waals surface area contributed by atoms with E-state index in [1.54, 1.807) is 6.07 Å². The number of allylic oxidation sites excluding steroid dienone is 1. The Morgan fingerprint density at radius 1 is 1.21 bits per heavy atom. The number of fused-ring (bicyclic) bond motifs is 3. The molecule has 0 bridgehead atoms. The van der Waals surface area contributed by atoms with Crippen molar-refractivity contribution in [2.45, 2.75) is 94.2 Å². The van der Waals surface area contributed by atoms with E-state index in [0.29, 0.717) is 35.8 Å². The molecule has 1 aromatic carbocycles. The number of nitrogens with one attached hydrogen (secondary N) is 2. The molecule has 0 spiro atoms. The first-order valence-electron chi connectivity index (χ1n) is 16.8. The molecular formula is C34H44FN5O7S. The number of carbonyl (C=O) groups excluding carboxylic acids is 3. The Bertz CT molecular complexity index is 1730. The number of amides is 3. The number of halogens is 1. The molecule has 6 rings (SSSR count). The maximum atomic E-state index is 14.3. The van der Waals surface area contributed by atoms with E-state index >= 15 is 0 Å². The van der Waals surface area contributed by atoms with Crippen molar-refractivity contribution in [3.63, 3.8) is 0 Å². The summed E-state index contributed by atoms with van der Waals surface area (Å²) in [6.07, 6.45) is 8.79. The number of pyridine rings is 1. The van der Waals surface area contributed by atoms with Crippen LogP contribution in [0, 0.1) is 23.6 Å². The average Bonchev–Trinajstić information content (AvgIpc) is 3.98. The molecule has 3 amide bonds. The highest BCUT2D eigenvalue weighted by molar-refractivity contribution is 7.91. The molecule has 2 aliphatic heterocycles. The minimum Gasteiger partial charge on any atom is -0.494 e. The summed E-state index contributed by atoms with van der Waals surface area (Å²) < 4.78 is 53.7. The largest absolute Gasteiger partial charge is 0.494 e. The van der Waals surface area contributed by atoms with E-state index in [2.05, 4.69) is 21.9 Å². The SMILES string of the molecule is CC[C@@H]1C[C@H](C)CC/C=C\[C@@H]2C[C@@]2(C(=O)NS(=O)(=O)C2CC2)NC(=O)[C@@H]2C[C@@H](Oc3ncc(OC)c4ccc(F)cc34)CN2C(=O)[C@H]1N. The standard InChI is InChI=1S/C34H44FN5O7S/c1-4-20-13-19(2)7-5-6-8-21-16-34(21,33(43)39-48(44,45)24-10-11-24)38-30(41)27-15-23(18-40(27)32(42)29(20)36)47-31-26-14-22(35)9-12-25(26)28(46-3)17-37-31/h6,8-9,12,14,17,19-21,23-24,27,29H,4-5,7,10-11,13,15-16,18,36H2,1-3H3,(H,38,41)(H,39,43)/b8-6-/t19-,20-,21-,23-,27+,29+,34-/m1/s1. The monoisotopic (exact) mass is 685 g/mol. The molecule has 7 atom stereocenters. The van der Waals surface area contributed by atoms with Crippen LogP contribution >= 0.6 is 0 Å². The van der Waals surface area contributed by atoms with Crippen LogP contribution in [-0.2, 0) is 24.4 Å². The number of sulfonamides is 1. The van der Waals surface area contributed by atoms with Gasteiger partial charge in [-0.25, -0.2) is 17.8 Å². The number of hydrogen-bond acceptors (Lipinski definition) is 9. The molecule has 4 N–H and O–H groups in total. The van der Waals surface area contributed by atoms with Gasteiger partial charge in [0.25, 0.3) is 5.91 Å². The second-order valence-electron chi connectivity index (χ2n) is 13.8. The first kappa shape index (κ1) is 34.1. The number of ether oxygens (including phenoxy) is 2. The first-order valence-corrected chi connectivity index (χ1v) is 18.3. The van der Waals surface area contributed by atoms with Gasteiger partial charge in [-0.1, -0.05) is 32.4 Å². The van der Waals surface area contributed by atoms with Gasteiger partial charge in [-0.15, -0.1) is 0 Å². The molecule has 0 radical (unpaired) electrons. The van der Waals surface area contributed by atoms with E-state index < -0.39 is 68.5 Å². The van der Waals surface area contributed by atoms with Crippen molar-refractivity contribution in [3.8, 4) is 11.6 Å². The molecular weight excluding hydrogens is 641 g/mol. The van der Waals surface area contributed by atoms with Crippen molar-refractivity contribution in [2.75, 3.05) is 13.7 Å². The third-order valence-corrected chi connectivity index (χ3v) is 12.1. The van der Waals surface area contributed by atoms with Crippen LogP contribution in [0.1, 0.15) is 65.2 Å².